The van der Waals surface area contributed by atoms with E-state index >= 15 is 0 Å². The maximum absolute atomic E-state index is 13.7. The Kier molecular flexibility index (Phi) is 6.04. The highest BCUT2D eigenvalue weighted by atomic mass is 35.5. The predicted octanol–water partition coefficient (Wildman–Crippen LogP) is 4.67. The van der Waals surface area contributed by atoms with Gasteiger partial charge in [-0.2, -0.15) is 0 Å². The molecule has 1 aliphatic rings. The quantitative estimate of drug-likeness (QED) is 0.438. The minimum Gasteiger partial charge on any atom is -0.476 e. The molecule has 0 bridgehead atoms. The molecule has 0 saturated heterocycles. The summed E-state index contributed by atoms with van der Waals surface area (Å²) in [5.74, 6) is 0.178. The highest BCUT2D eigenvalue weighted by Gasteiger charge is 2.34. The predicted molar refractivity (Wildman–Crippen MR) is 134 cm³/mol. The molecule has 0 amide bonds. The Morgan fingerprint density at radius 2 is 1.56 bits per heavy atom. The highest BCUT2D eigenvalue weighted by molar-refractivity contribution is 6.33. The van der Waals surface area contributed by atoms with Crippen LogP contribution in [0.25, 0.3) is 11.1 Å². The van der Waals surface area contributed by atoms with Crippen LogP contribution in [0.2, 0.25) is 10.0 Å². The molecule has 2 N–H and O–H groups in total. The van der Waals surface area contributed by atoms with Gasteiger partial charge in [0, 0.05) is 21.7 Å². The van der Waals surface area contributed by atoms with Crippen molar-refractivity contribution >= 4 is 23.2 Å². The van der Waals surface area contributed by atoms with Crippen LogP contribution in [0.5, 0.6) is 5.88 Å². The molecule has 2 atom stereocenters. The summed E-state index contributed by atoms with van der Waals surface area (Å²) in [6, 6.07) is 22.5. The summed E-state index contributed by atoms with van der Waals surface area (Å²) >= 11 is 12.9. The maximum Gasteiger partial charge on any atom is 0.334 e. The van der Waals surface area contributed by atoms with E-state index in [0.29, 0.717) is 15.6 Å². The van der Waals surface area contributed by atoms with Gasteiger partial charge in [0.1, 0.15) is 18.2 Å². The van der Waals surface area contributed by atoms with Crippen molar-refractivity contribution in [3.63, 3.8) is 0 Å². The lowest BCUT2D eigenvalue weighted by atomic mass is 10.1. The van der Waals surface area contributed by atoms with E-state index in [1.165, 1.54) is 9.13 Å². The lowest BCUT2D eigenvalue weighted by Crippen LogP contribution is -2.43. The molecule has 3 aromatic carbocycles. The van der Waals surface area contributed by atoms with Crippen molar-refractivity contribution < 1.29 is 4.74 Å². The normalized spacial score (nSPS) is 15.6. The maximum atomic E-state index is 13.7. The number of hydrogen-bond acceptors (Lipinski definition) is 4. The van der Waals surface area contributed by atoms with Crippen molar-refractivity contribution in [2.24, 2.45) is 5.73 Å². The van der Waals surface area contributed by atoms with Gasteiger partial charge >= 0.3 is 5.69 Å². The number of benzene rings is 3. The van der Waals surface area contributed by atoms with Crippen LogP contribution < -0.4 is 21.7 Å². The van der Waals surface area contributed by atoms with Crippen LogP contribution in [-0.4, -0.2) is 15.7 Å². The molecular weight excluding hydrogens is 473 g/mol. The van der Waals surface area contributed by atoms with Crippen molar-refractivity contribution in [1.82, 2.24) is 9.13 Å². The average molecular weight is 494 g/mol. The topological polar surface area (TPSA) is 79.2 Å². The van der Waals surface area contributed by atoms with E-state index < -0.39 is 23.3 Å². The number of aromatic nitrogens is 2. The molecule has 2 unspecified atom stereocenters. The first-order chi connectivity index (χ1) is 16.5. The number of fused-ring (bicyclic) bond motifs is 1. The third-order valence-electron chi connectivity index (χ3n) is 6.03. The lowest BCUT2D eigenvalue weighted by Gasteiger charge is -2.19. The van der Waals surface area contributed by atoms with E-state index in [1.54, 1.807) is 30.3 Å². The number of nitrogens with two attached hydrogens (primary N) is 1. The summed E-state index contributed by atoms with van der Waals surface area (Å²) in [6.45, 7) is 0.152. The van der Waals surface area contributed by atoms with E-state index in [1.807, 2.05) is 48.5 Å². The molecule has 0 saturated carbocycles. The summed E-state index contributed by atoms with van der Waals surface area (Å²) < 4.78 is 8.62. The van der Waals surface area contributed by atoms with Gasteiger partial charge in [-0.25, -0.2) is 4.79 Å². The molecule has 4 aromatic rings. The molecule has 2 heterocycles. The number of hydrogen-bond donors (Lipinski definition) is 1. The molecule has 172 valence electrons. The molecule has 0 spiro atoms. The average Bonchev–Trinajstić information content (AvgIpc) is 3.28. The van der Waals surface area contributed by atoms with Gasteiger partial charge in [-0.3, -0.25) is 13.9 Å². The Hall–Kier alpha value is -3.32. The molecule has 8 heteroatoms. The van der Waals surface area contributed by atoms with E-state index in [0.717, 1.165) is 11.1 Å². The first-order valence-corrected chi connectivity index (χ1v) is 11.5. The Morgan fingerprint density at radius 3 is 2.26 bits per heavy atom. The van der Waals surface area contributed by atoms with Gasteiger partial charge in [0.05, 0.1) is 6.54 Å². The molecule has 34 heavy (non-hydrogen) atoms. The zero-order chi connectivity index (χ0) is 23.8. The zero-order valence-electron chi connectivity index (χ0n) is 18.0. The zero-order valence-corrected chi connectivity index (χ0v) is 19.5. The van der Waals surface area contributed by atoms with Gasteiger partial charge in [-0.05, 0) is 23.3 Å². The van der Waals surface area contributed by atoms with Crippen LogP contribution in [0.4, 0.5) is 0 Å². The van der Waals surface area contributed by atoms with E-state index in [2.05, 4.69) is 0 Å². The van der Waals surface area contributed by atoms with Gasteiger partial charge < -0.3 is 10.5 Å². The third-order valence-corrected chi connectivity index (χ3v) is 6.71. The number of rotatable bonds is 5. The van der Waals surface area contributed by atoms with Crippen LogP contribution in [0.3, 0.4) is 0 Å². The molecular formula is C26H21Cl2N3O3. The van der Waals surface area contributed by atoms with E-state index in [9.17, 15) is 9.59 Å². The van der Waals surface area contributed by atoms with E-state index in [4.69, 9.17) is 33.7 Å². The van der Waals surface area contributed by atoms with E-state index in [-0.39, 0.29) is 24.6 Å². The van der Waals surface area contributed by atoms with Gasteiger partial charge in [0.15, 0.2) is 0 Å². The second-order valence-corrected chi connectivity index (χ2v) is 8.91. The second kappa shape index (κ2) is 9.14. The summed E-state index contributed by atoms with van der Waals surface area (Å²) in [6.07, 6.45) is 0. The second-order valence-electron chi connectivity index (χ2n) is 8.09. The van der Waals surface area contributed by atoms with Crippen molar-refractivity contribution in [2.75, 3.05) is 6.61 Å². The fourth-order valence-corrected chi connectivity index (χ4v) is 4.82. The Bertz CT molecular complexity index is 1480. The number of nitrogens with zero attached hydrogens (tertiary/aromatic N) is 2. The van der Waals surface area contributed by atoms with Crippen molar-refractivity contribution in [3.05, 3.63) is 121 Å². The number of halogens is 2. The van der Waals surface area contributed by atoms with Gasteiger partial charge in [-0.15, -0.1) is 0 Å². The molecule has 5 rings (SSSR count). The molecule has 1 aromatic heterocycles. The van der Waals surface area contributed by atoms with Gasteiger partial charge in [0.2, 0.25) is 5.88 Å². The summed E-state index contributed by atoms with van der Waals surface area (Å²) in [5.41, 5.74) is 7.65. The first-order valence-electron chi connectivity index (χ1n) is 10.8. The lowest BCUT2D eigenvalue weighted by molar-refractivity contribution is 0.343. The fraction of sp³-hybridized carbons (Fsp3) is 0.154. The SMILES string of the molecule is NC(Cn1c(=O)c(-c2ccccc2Cl)c2n(c1=O)C(c1ccccc1Cl)CO2)c1ccccc1. The van der Waals surface area contributed by atoms with Crippen molar-refractivity contribution in [2.45, 2.75) is 18.6 Å². The number of ether oxygens (including phenoxy) is 1. The Labute approximate surface area is 205 Å². The smallest absolute Gasteiger partial charge is 0.334 e. The van der Waals surface area contributed by atoms with Gasteiger partial charge in [-0.1, -0.05) is 89.9 Å². The third kappa shape index (κ3) is 3.84. The minimum absolute atomic E-state index is 0.00530. The summed E-state index contributed by atoms with van der Waals surface area (Å²) in [7, 11) is 0. The van der Waals surface area contributed by atoms with Crippen LogP contribution in [0, 0.1) is 0 Å². The summed E-state index contributed by atoms with van der Waals surface area (Å²) in [4.78, 5) is 27.4. The van der Waals surface area contributed by atoms with Crippen molar-refractivity contribution in [1.29, 1.82) is 0 Å². The minimum atomic E-state index is -0.564. The van der Waals surface area contributed by atoms with Crippen LogP contribution in [-0.2, 0) is 6.54 Å². The molecule has 6 nitrogen and oxygen atoms in total. The molecule has 0 fully saturated rings. The molecule has 1 aliphatic heterocycles. The Morgan fingerprint density at radius 1 is 0.912 bits per heavy atom. The fourth-order valence-electron chi connectivity index (χ4n) is 4.33. The standard InChI is InChI=1S/C26H21Cl2N3O3/c27-19-12-6-4-10-17(19)22-15-34-25-23(18-11-5-7-13-20(18)28)24(32)30(26(33)31(22)25)14-21(29)16-8-2-1-3-9-16/h1-13,21-22H,14-15,29H2. The first kappa shape index (κ1) is 22.5. The van der Waals surface area contributed by atoms with Crippen molar-refractivity contribution in [3.8, 4) is 17.0 Å². The highest BCUT2D eigenvalue weighted by Crippen LogP contribution is 2.39. The molecule has 0 radical (unpaired) electrons. The molecule has 0 aliphatic carbocycles. The van der Waals surface area contributed by atoms with Crippen LogP contribution in [0.15, 0.2) is 88.5 Å². The summed E-state index contributed by atoms with van der Waals surface area (Å²) in [5, 5.41) is 0.888. The van der Waals surface area contributed by atoms with Gasteiger partial charge in [0.25, 0.3) is 5.56 Å². The monoisotopic (exact) mass is 493 g/mol. The van der Waals surface area contributed by atoms with Crippen LogP contribution in [0.1, 0.15) is 23.2 Å². The largest absolute Gasteiger partial charge is 0.476 e. The van der Waals surface area contributed by atoms with Crippen LogP contribution >= 0.6 is 23.2 Å². The Balaban J connectivity index is 1.75.